The number of benzene rings is 1. The number of nitro benzene ring substituents is 1. The molecule has 25 heavy (non-hydrogen) atoms. The maximum Gasteiger partial charge on any atom is 0.501 e. The second-order valence-corrected chi connectivity index (χ2v) is 7.61. The summed E-state index contributed by atoms with van der Waals surface area (Å²) in [6.07, 6.45) is 6.98. The summed E-state index contributed by atoms with van der Waals surface area (Å²) in [6, 6.07) is 2.15. The predicted octanol–water partition coefficient (Wildman–Crippen LogP) is 4.19. The summed E-state index contributed by atoms with van der Waals surface area (Å²) >= 11 is 0. The Labute approximate surface area is 142 Å². The standard InChI is InChI=1S/C15H17F3N2O4S/c16-15(17,18)25(23,24)12-6-7-13(14(10-12)20(21)22)19-9-8-11-4-2-1-3-5-11/h4,6-7,10,19H,1-3,5,8-9H2. The molecule has 1 N–H and O–H groups in total. The van der Waals surface area contributed by atoms with Gasteiger partial charge >= 0.3 is 5.51 Å². The molecule has 0 spiro atoms. The average molecular weight is 378 g/mol. The van der Waals surface area contributed by atoms with Crippen LogP contribution < -0.4 is 5.32 Å². The fourth-order valence-electron chi connectivity index (χ4n) is 2.60. The van der Waals surface area contributed by atoms with Crippen LogP contribution in [0.2, 0.25) is 0 Å². The van der Waals surface area contributed by atoms with Crippen molar-refractivity contribution < 1.29 is 26.5 Å². The molecule has 138 valence electrons. The zero-order valence-corrected chi connectivity index (χ0v) is 14.0. The molecule has 6 nitrogen and oxygen atoms in total. The Morgan fingerprint density at radius 2 is 1.96 bits per heavy atom. The van der Waals surface area contributed by atoms with E-state index in [0.717, 1.165) is 37.8 Å². The van der Waals surface area contributed by atoms with E-state index in [1.807, 2.05) is 0 Å². The SMILES string of the molecule is O=[N+]([O-])c1cc(S(=O)(=O)C(F)(F)F)ccc1NCCC1=CCCCC1. The molecule has 0 saturated heterocycles. The first-order valence-corrected chi connectivity index (χ1v) is 9.13. The molecule has 0 bridgehead atoms. The van der Waals surface area contributed by atoms with E-state index < -0.39 is 30.9 Å². The molecule has 0 unspecified atom stereocenters. The van der Waals surface area contributed by atoms with Gasteiger partial charge in [-0.15, -0.1) is 0 Å². The van der Waals surface area contributed by atoms with Crippen molar-refractivity contribution in [3.8, 4) is 0 Å². The number of nitrogens with one attached hydrogen (secondary N) is 1. The van der Waals surface area contributed by atoms with Gasteiger partial charge in [-0.1, -0.05) is 11.6 Å². The van der Waals surface area contributed by atoms with E-state index in [1.165, 1.54) is 5.57 Å². The summed E-state index contributed by atoms with van der Waals surface area (Å²) < 4.78 is 60.5. The van der Waals surface area contributed by atoms with Crippen LogP contribution in [0.5, 0.6) is 0 Å². The van der Waals surface area contributed by atoms with Gasteiger partial charge in [0.25, 0.3) is 15.5 Å². The molecule has 0 atom stereocenters. The van der Waals surface area contributed by atoms with Gasteiger partial charge in [0.1, 0.15) is 5.69 Å². The molecular weight excluding hydrogens is 361 g/mol. The molecular formula is C15H17F3N2O4S. The summed E-state index contributed by atoms with van der Waals surface area (Å²) in [5.41, 5.74) is -4.99. The first-order valence-electron chi connectivity index (χ1n) is 7.64. The van der Waals surface area contributed by atoms with Gasteiger partial charge in [-0.2, -0.15) is 13.2 Å². The number of hydrogen-bond acceptors (Lipinski definition) is 5. The quantitative estimate of drug-likeness (QED) is 0.455. The molecule has 0 heterocycles. The number of sulfone groups is 1. The number of allylic oxidation sites excluding steroid dienone is 1. The zero-order chi connectivity index (χ0) is 18.7. The normalized spacial score (nSPS) is 15.6. The van der Waals surface area contributed by atoms with Crippen LogP contribution in [0, 0.1) is 10.1 Å². The third kappa shape index (κ3) is 4.50. The Hall–Kier alpha value is -2.10. The first kappa shape index (κ1) is 19.2. The largest absolute Gasteiger partial charge is 0.501 e. The summed E-state index contributed by atoms with van der Waals surface area (Å²) in [6.45, 7) is 0.373. The van der Waals surface area contributed by atoms with Gasteiger partial charge in [0.15, 0.2) is 0 Å². The Bertz CT molecular complexity index is 788. The Balaban J connectivity index is 2.19. The van der Waals surface area contributed by atoms with E-state index in [9.17, 15) is 31.7 Å². The minimum Gasteiger partial charge on any atom is -0.379 e. The zero-order valence-electron chi connectivity index (χ0n) is 13.2. The third-order valence-electron chi connectivity index (χ3n) is 3.93. The highest BCUT2D eigenvalue weighted by Crippen LogP contribution is 2.34. The van der Waals surface area contributed by atoms with Crippen LogP contribution in [-0.2, 0) is 9.84 Å². The lowest BCUT2D eigenvalue weighted by Gasteiger charge is -2.14. The average Bonchev–Trinajstić information content (AvgIpc) is 2.54. The molecule has 2 rings (SSSR count). The second-order valence-electron chi connectivity index (χ2n) is 5.67. The smallest absolute Gasteiger partial charge is 0.379 e. The molecule has 1 aliphatic rings. The third-order valence-corrected chi connectivity index (χ3v) is 5.41. The number of nitro groups is 1. The minimum absolute atomic E-state index is 0.0115. The van der Waals surface area contributed by atoms with Gasteiger partial charge in [-0.25, -0.2) is 8.42 Å². The molecule has 1 aliphatic carbocycles. The van der Waals surface area contributed by atoms with E-state index in [4.69, 9.17) is 0 Å². The highest BCUT2D eigenvalue weighted by atomic mass is 32.2. The fourth-order valence-corrected chi connectivity index (χ4v) is 3.38. The number of nitrogens with zero attached hydrogens (tertiary/aromatic N) is 1. The molecule has 1 aromatic rings. The van der Waals surface area contributed by atoms with E-state index in [0.29, 0.717) is 19.0 Å². The van der Waals surface area contributed by atoms with Crippen molar-refractivity contribution in [3.05, 3.63) is 40.0 Å². The maximum atomic E-state index is 12.6. The Morgan fingerprint density at radius 1 is 1.24 bits per heavy atom. The van der Waals surface area contributed by atoms with Crippen LogP contribution in [0.1, 0.15) is 32.1 Å². The molecule has 0 amide bonds. The van der Waals surface area contributed by atoms with Gasteiger partial charge in [0.05, 0.1) is 9.82 Å². The molecule has 0 saturated carbocycles. The van der Waals surface area contributed by atoms with Crippen LogP contribution in [0.15, 0.2) is 34.7 Å². The number of anilines is 1. The van der Waals surface area contributed by atoms with Gasteiger partial charge in [-0.3, -0.25) is 10.1 Å². The predicted molar refractivity (Wildman–Crippen MR) is 86.0 cm³/mol. The van der Waals surface area contributed by atoms with E-state index in [-0.39, 0.29) is 5.69 Å². The molecule has 0 radical (unpaired) electrons. The summed E-state index contributed by atoms with van der Waals surface area (Å²) in [4.78, 5) is 9.04. The van der Waals surface area contributed by atoms with Crippen LogP contribution in [0.4, 0.5) is 24.5 Å². The van der Waals surface area contributed by atoms with Gasteiger partial charge in [0, 0.05) is 12.6 Å². The van der Waals surface area contributed by atoms with Crippen molar-refractivity contribution in [1.82, 2.24) is 0 Å². The molecule has 0 fully saturated rings. The molecule has 10 heteroatoms. The topological polar surface area (TPSA) is 89.3 Å². The number of alkyl halides is 3. The monoisotopic (exact) mass is 378 g/mol. The number of hydrogen-bond donors (Lipinski definition) is 1. The number of rotatable bonds is 6. The van der Waals surface area contributed by atoms with Crippen molar-refractivity contribution in [2.75, 3.05) is 11.9 Å². The van der Waals surface area contributed by atoms with Gasteiger partial charge in [0.2, 0.25) is 0 Å². The van der Waals surface area contributed by atoms with Crippen LogP contribution in [0.3, 0.4) is 0 Å². The van der Waals surface area contributed by atoms with Crippen LogP contribution in [-0.4, -0.2) is 25.4 Å². The highest BCUT2D eigenvalue weighted by molar-refractivity contribution is 7.92. The highest BCUT2D eigenvalue weighted by Gasteiger charge is 2.47. The van der Waals surface area contributed by atoms with E-state index >= 15 is 0 Å². The summed E-state index contributed by atoms with van der Waals surface area (Å²) in [5, 5.41) is 13.9. The van der Waals surface area contributed by atoms with Crippen molar-refractivity contribution in [2.24, 2.45) is 0 Å². The minimum atomic E-state index is -5.63. The fraction of sp³-hybridized carbons (Fsp3) is 0.467. The summed E-state index contributed by atoms with van der Waals surface area (Å²) in [7, 11) is -5.63. The van der Waals surface area contributed by atoms with Crippen LogP contribution in [0.25, 0.3) is 0 Å². The summed E-state index contributed by atoms with van der Waals surface area (Å²) in [5.74, 6) is 0. The molecule has 1 aromatic carbocycles. The lowest BCUT2D eigenvalue weighted by Crippen LogP contribution is -2.23. The van der Waals surface area contributed by atoms with Crippen LogP contribution >= 0.6 is 0 Å². The van der Waals surface area contributed by atoms with Gasteiger partial charge in [-0.05, 0) is 44.2 Å². The van der Waals surface area contributed by atoms with Crippen molar-refractivity contribution in [2.45, 2.75) is 42.5 Å². The van der Waals surface area contributed by atoms with E-state index in [2.05, 4.69) is 11.4 Å². The maximum absolute atomic E-state index is 12.6. The lowest BCUT2D eigenvalue weighted by molar-refractivity contribution is -0.384. The Kier molecular flexibility index (Phi) is 5.71. The van der Waals surface area contributed by atoms with E-state index in [1.54, 1.807) is 0 Å². The van der Waals surface area contributed by atoms with Crippen molar-refractivity contribution >= 4 is 21.2 Å². The molecule has 0 aliphatic heterocycles. The Morgan fingerprint density at radius 3 is 2.52 bits per heavy atom. The lowest BCUT2D eigenvalue weighted by atomic mass is 9.97. The first-order chi connectivity index (χ1) is 11.6. The van der Waals surface area contributed by atoms with Crippen molar-refractivity contribution in [1.29, 1.82) is 0 Å². The second kappa shape index (κ2) is 7.42. The number of halogens is 3. The molecule has 0 aromatic heterocycles. The van der Waals surface area contributed by atoms with Crippen molar-refractivity contribution in [3.63, 3.8) is 0 Å². The van der Waals surface area contributed by atoms with Gasteiger partial charge < -0.3 is 5.32 Å².